The molecule has 5 rings (SSSR count). The van der Waals surface area contributed by atoms with Gasteiger partial charge in [0.25, 0.3) is 0 Å². The molecule has 2 fully saturated rings. The second-order valence-electron chi connectivity index (χ2n) is 10.4. The molecule has 2 N–H and O–H groups in total. The van der Waals surface area contributed by atoms with E-state index in [2.05, 4.69) is 12.2 Å². The molecule has 0 amide bonds. The van der Waals surface area contributed by atoms with E-state index in [1.165, 1.54) is 16.7 Å². The molecule has 1 aromatic rings. The van der Waals surface area contributed by atoms with E-state index in [-0.39, 0.29) is 22.9 Å². The standard InChI is InChI=1S/C28H34FNO2/c1-4-12-28(32)13-11-23-21-8-5-17-14-19(31)7-9-20(17)26(21)22(16-27(23,28)2)18-6-10-25(30-3)24(29)15-18/h4,6,10,12,14-15,21-23,30,32H,5,7-9,11,13,16H2,1-3H3/t21-,22+,23-,27-,28-/m0/s1. The molecule has 3 nitrogen and oxygen atoms in total. The van der Waals surface area contributed by atoms with Gasteiger partial charge in [-0.2, -0.15) is 0 Å². The summed E-state index contributed by atoms with van der Waals surface area (Å²) in [6.07, 6.45) is 11.7. The molecule has 4 aliphatic rings. The fourth-order valence-corrected chi connectivity index (χ4v) is 7.50. The zero-order valence-electron chi connectivity index (χ0n) is 19.4. The van der Waals surface area contributed by atoms with Crippen LogP contribution in [0.25, 0.3) is 0 Å². The van der Waals surface area contributed by atoms with Crippen molar-refractivity contribution in [2.45, 2.75) is 70.3 Å². The van der Waals surface area contributed by atoms with Gasteiger partial charge in [-0.25, -0.2) is 4.39 Å². The predicted molar refractivity (Wildman–Crippen MR) is 126 cm³/mol. The number of halogens is 1. The number of anilines is 1. The van der Waals surface area contributed by atoms with Crippen molar-refractivity contribution in [3.8, 4) is 0 Å². The van der Waals surface area contributed by atoms with Crippen LogP contribution in [0.4, 0.5) is 10.1 Å². The van der Waals surface area contributed by atoms with Gasteiger partial charge in [-0.1, -0.05) is 30.7 Å². The molecule has 1 aromatic carbocycles. The number of carbonyl (C=O) groups is 1. The van der Waals surface area contributed by atoms with Crippen molar-refractivity contribution in [3.05, 3.63) is 64.5 Å². The zero-order valence-corrected chi connectivity index (χ0v) is 19.4. The number of nitrogens with one attached hydrogen (secondary N) is 1. The predicted octanol–water partition coefficient (Wildman–Crippen LogP) is 6.07. The van der Waals surface area contributed by atoms with Crippen LogP contribution in [-0.4, -0.2) is 23.5 Å². The van der Waals surface area contributed by atoms with E-state index in [9.17, 15) is 14.3 Å². The van der Waals surface area contributed by atoms with Crippen molar-refractivity contribution in [2.75, 3.05) is 12.4 Å². The van der Waals surface area contributed by atoms with Gasteiger partial charge in [-0.3, -0.25) is 4.79 Å². The number of ketones is 1. The Kier molecular flexibility index (Phi) is 5.20. The summed E-state index contributed by atoms with van der Waals surface area (Å²) in [5.41, 5.74) is 4.38. The fourth-order valence-electron chi connectivity index (χ4n) is 7.50. The second kappa shape index (κ2) is 7.69. The van der Waals surface area contributed by atoms with E-state index in [1.54, 1.807) is 13.1 Å². The maximum atomic E-state index is 14.9. The number of allylic oxidation sites excluding steroid dienone is 5. The smallest absolute Gasteiger partial charge is 0.156 e. The topological polar surface area (TPSA) is 49.3 Å². The van der Waals surface area contributed by atoms with Gasteiger partial charge in [-0.05, 0) is 92.2 Å². The van der Waals surface area contributed by atoms with Crippen molar-refractivity contribution in [1.29, 1.82) is 0 Å². The number of aliphatic hydroxyl groups is 1. The zero-order chi connectivity index (χ0) is 22.7. The number of hydrogen-bond acceptors (Lipinski definition) is 3. The number of carbonyl (C=O) groups excluding carboxylic acids is 1. The molecule has 0 radical (unpaired) electrons. The third-order valence-corrected chi connectivity index (χ3v) is 9.06. The highest BCUT2D eigenvalue weighted by Crippen LogP contribution is 2.67. The number of hydrogen-bond donors (Lipinski definition) is 2. The van der Waals surface area contributed by atoms with Crippen LogP contribution in [0, 0.1) is 23.1 Å². The molecule has 0 unspecified atom stereocenters. The first kappa shape index (κ1) is 21.6. The molecule has 4 aliphatic carbocycles. The first-order valence-corrected chi connectivity index (χ1v) is 12.1. The molecule has 170 valence electrons. The van der Waals surface area contributed by atoms with Gasteiger partial charge in [0, 0.05) is 24.8 Å². The highest BCUT2D eigenvalue weighted by atomic mass is 19.1. The monoisotopic (exact) mass is 435 g/mol. The normalized spacial score (nSPS) is 36.6. The van der Waals surface area contributed by atoms with Gasteiger partial charge in [0.2, 0.25) is 0 Å². The Morgan fingerprint density at radius 3 is 2.75 bits per heavy atom. The van der Waals surface area contributed by atoms with Crippen LogP contribution in [0.3, 0.4) is 0 Å². The summed E-state index contributed by atoms with van der Waals surface area (Å²) in [7, 11) is 1.73. The summed E-state index contributed by atoms with van der Waals surface area (Å²) in [4.78, 5) is 12.1. The lowest BCUT2D eigenvalue weighted by Gasteiger charge is -2.54. The third-order valence-electron chi connectivity index (χ3n) is 9.06. The van der Waals surface area contributed by atoms with Gasteiger partial charge < -0.3 is 10.4 Å². The molecule has 0 saturated heterocycles. The van der Waals surface area contributed by atoms with E-state index in [4.69, 9.17) is 0 Å². The first-order chi connectivity index (χ1) is 15.3. The Morgan fingerprint density at radius 2 is 2.03 bits per heavy atom. The van der Waals surface area contributed by atoms with E-state index in [0.29, 0.717) is 23.9 Å². The van der Waals surface area contributed by atoms with Crippen molar-refractivity contribution in [1.82, 2.24) is 0 Å². The summed E-state index contributed by atoms with van der Waals surface area (Å²) in [6, 6.07) is 5.56. The molecular weight excluding hydrogens is 401 g/mol. The summed E-state index contributed by atoms with van der Waals surface area (Å²) in [5, 5.41) is 14.7. The minimum absolute atomic E-state index is 0.0587. The van der Waals surface area contributed by atoms with Gasteiger partial charge >= 0.3 is 0 Å². The van der Waals surface area contributed by atoms with E-state index in [1.807, 2.05) is 37.3 Å². The van der Waals surface area contributed by atoms with Crippen LogP contribution in [0.1, 0.15) is 70.3 Å². The van der Waals surface area contributed by atoms with Gasteiger partial charge in [0.15, 0.2) is 5.78 Å². The van der Waals surface area contributed by atoms with Crippen molar-refractivity contribution in [3.63, 3.8) is 0 Å². The molecule has 5 atom stereocenters. The Labute approximate surface area is 190 Å². The van der Waals surface area contributed by atoms with Crippen LogP contribution < -0.4 is 5.32 Å². The molecule has 0 spiro atoms. The van der Waals surface area contributed by atoms with Crippen LogP contribution in [0.2, 0.25) is 0 Å². The Hall–Kier alpha value is -2.20. The summed E-state index contributed by atoms with van der Waals surface area (Å²) in [6.45, 7) is 4.23. The minimum atomic E-state index is -0.830. The van der Waals surface area contributed by atoms with Crippen molar-refractivity contribution >= 4 is 11.5 Å². The summed E-state index contributed by atoms with van der Waals surface area (Å²) >= 11 is 0. The number of benzene rings is 1. The maximum absolute atomic E-state index is 14.9. The molecule has 0 heterocycles. The number of rotatable bonds is 3. The van der Waals surface area contributed by atoms with Crippen LogP contribution in [0.5, 0.6) is 0 Å². The number of fused-ring (bicyclic) bond motifs is 4. The van der Waals surface area contributed by atoms with E-state index >= 15 is 0 Å². The van der Waals surface area contributed by atoms with Crippen LogP contribution >= 0.6 is 0 Å². The molecule has 0 aromatic heterocycles. The fraction of sp³-hybridized carbons (Fsp3) is 0.536. The minimum Gasteiger partial charge on any atom is -0.386 e. The van der Waals surface area contributed by atoms with Gasteiger partial charge in [0.1, 0.15) is 5.82 Å². The lowest BCUT2D eigenvalue weighted by Crippen LogP contribution is -2.50. The van der Waals surface area contributed by atoms with Gasteiger partial charge in [0.05, 0.1) is 11.3 Å². The summed E-state index contributed by atoms with van der Waals surface area (Å²) in [5.74, 6) is 0.838. The molecular formula is C28H34FNO2. The molecule has 0 aliphatic heterocycles. The maximum Gasteiger partial charge on any atom is 0.156 e. The molecule has 32 heavy (non-hydrogen) atoms. The highest BCUT2D eigenvalue weighted by molar-refractivity contribution is 5.93. The Balaban J connectivity index is 1.69. The van der Waals surface area contributed by atoms with Crippen molar-refractivity contribution < 1.29 is 14.3 Å². The quantitative estimate of drug-likeness (QED) is 0.566. The third kappa shape index (κ3) is 3.06. The van der Waals surface area contributed by atoms with Gasteiger partial charge in [-0.15, -0.1) is 0 Å². The lowest BCUT2D eigenvalue weighted by atomic mass is 9.51. The largest absolute Gasteiger partial charge is 0.386 e. The highest BCUT2D eigenvalue weighted by Gasteiger charge is 2.61. The van der Waals surface area contributed by atoms with E-state index in [0.717, 1.165) is 44.1 Å². The molecule has 4 heteroatoms. The second-order valence-corrected chi connectivity index (χ2v) is 10.4. The average molecular weight is 436 g/mol. The SMILES string of the molecule is CC=C[C@]1(O)CC[C@H]2[C@@H]3CCC4=CC(=O)CCC4=C3[C@@H](c3ccc(NC)c(F)c3)C[C@@]21C. The first-order valence-electron chi connectivity index (χ1n) is 12.1. The Bertz CT molecular complexity index is 1050. The van der Waals surface area contributed by atoms with Crippen LogP contribution in [-0.2, 0) is 4.79 Å². The van der Waals surface area contributed by atoms with Crippen LogP contribution in [0.15, 0.2) is 53.1 Å². The molecule has 0 bridgehead atoms. The summed E-state index contributed by atoms with van der Waals surface area (Å²) < 4.78 is 14.9. The van der Waals surface area contributed by atoms with Crippen molar-refractivity contribution in [2.24, 2.45) is 17.3 Å². The van der Waals surface area contributed by atoms with E-state index < -0.39 is 5.60 Å². The Morgan fingerprint density at radius 1 is 1.22 bits per heavy atom. The molecule has 2 saturated carbocycles. The average Bonchev–Trinajstić information content (AvgIpc) is 3.03. The lowest BCUT2D eigenvalue weighted by molar-refractivity contribution is -0.114.